The van der Waals surface area contributed by atoms with E-state index in [1.807, 2.05) is 45.9 Å². The van der Waals surface area contributed by atoms with Crippen molar-refractivity contribution in [1.82, 2.24) is 10.2 Å². The third-order valence-electron chi connectivity index (χ3n) is 1.89. The highest BCUT2D eigenvalue weighted by Crippen LogP contribution is 2.14. The van der Waals surface area contributed by atoms with Crippen LogP contribution in [0.2, 0.25) is 0 Å². The molecule has 0 aliphatic heterocycles. The van der Waals surface area contributed by atoms with Gasteiger partial charge in [-0.3, -0.25) is 5.10 Å². The van der Waals surface area contributed by atoms with Crippen molar-refractivity contribution in [2.75, 3.05) is 0 Å². The molecule has 1 N–H and O–H groups in total. The van der Waals surface area contributed by atoms with E-state index in [9.17, 15) is 0 Å². The second kappa shape index (κ2) is 8.04. The largest absolute Gasteiger partial charge is 0.281 e. The number of fused-ring (bicyclic) bond motifs is 1. The third kappa shape index (κ3) is 3.39. The second-order valence-electron chi connectivity index (χ2n) is 2.57. The molecule has 2 rings (SSSR count). The fourth-order valence-electron chi connectivity index (χ4n) is 1.28. The van der Waals surface area contributed by atoms with Gasteiger partial charge in [0.15, 0.2) is 0 Å². The number of nitrogens with one attached hydrogen (secondary N) is 1. The Labute approximate surface area is 92.7 Å². The highest BCUT2D eigenvalue weighted by Gasteiger charge is 1.99. The van der Waals surface area contributed by atoms with Gasteiger partial charge in [-0.2, -0.15) is 5.10 Å². The van der Waals surface area contributed by atoms with Gasteiger partial charge in [0.2, 0.25) is 0 Å². The first kappa shape index (κ1) is 13.7. The van der Waals surface area contributed by atoms with Crippen LogP contribution in [0.1, 0.15) is 40.3 Å². The molecule has 2 nitrogen and oxygen atoms in total. The molecule has 0 spiro atoms. The average Bonchev–Trinajstić information content (AvgIpc) is 2.77. The zero-order valence-corrected chi connectivity index (χ0v) is 10.5. The van der Waals surface area contributed by atoms with Gasteiger partial charge in [-0.25, -0.2) is 0 Å². The molecule has 0 atom stereocenters. The van der Waals surface area contributed by atoms with Gasteiger partial charge in [-0.15, -0.1) is 0 Å². The van der Waals surface area contributed by atoms with Gasteiger partial charge in [-0.1, -0.05) is 52.8 Å². The Balaban J connectivity index is 0.000000442. The highest BCUT2D eigenvalue weighted by atomic mass is 15.1. The molecule has 2 aromatic rings. The van der Waals surface area contributed by atoms with E-state index in [0.29, 0.717) is 0 Å². The number of para-hydroxylation sites is 1. The molecule has 0 fully saturated rings. The van der Waals surface area contributed by atoms with Crippen LogP contribution in [0.5, 0.6) is 0 Å². The van der Waals surface area contributed by atoms with Crippen LogP contribution in [-0.4, -0.2) is 10.2 Å². The fourth-order valence-corrected chi connectivity index (χ4v) is 1.28. The summed E-state index contributed by atoms with van der Waals surface area (Å²) in [6, 6.07) is 8.16. The molecule has 0 bridgehead atoms. The Morgan fingerprint density at radius 1 is 1.07 bits per heavy atom. The summed E-state index contributed by atoms with van der Waals surface area (Å²) >= 11 is 0. The number of aromatic nitrogens is 2. The normalized spacial score (nSPS) is 8.60. The molecule has 1 aromatic heterocycles. The number of hydrogen-bond acceptors (Lipinski definition) is 1. The predicted octanol–water partition coefficient (Wildman–Crippen LogP) is 4.18. The molecule has 0 saturated heterocycles. The monoisotopic (exact) mass is 206 g/mol. The van der Waals surface area contributed by atoms with Gasteiger partial charge in [0.25, 0.3) is 0 Å². The number of rotatable bonds is 1. The SMILES string of the molecule is CC.CC.CCc1[nH]nc2ccccc12. The minimum Gasteiger partial charge on any atom is -0.281 e. The summed E-state index contributed by atoms with van der Waals surface area (Å²) < 4.78 is 0. The maximum absolute atomic E-state index is 4.16. The molecule has 0 aliphatic carbocycles. The summed E-state index contributed by atoms with van der Waals surface area (Å²) in [5, 5.41) is 8.42. The van der Waals surface area contributed by atoms with Gasteiger partial charge in [0.1, 0.15) is 0 Å². The van der Waals surface area contributed by atoms with Crippen molar-refractivity contribution in [3.05, 3.63) is 30.0 Å². The molecule has 84 valence electrons. The van der Waals surface area contributed by atoms with Crippen LogP contribution in [0.3, 0.4) is 0 Å². The van der Waals surface area contributed by atoms with E-state index in [4.69, 9.17) is 0 Å². The molecule has 1 heterocycles. The number of benzene rings is 1. The molecular formula is C13H22N2. The summed E-state index contributed by atoms with van der Waals surface area (Å²) in [5.41, 5.74) is 2.28. The summed E-state index contributed by atoms with van der Waals surface area (Å²) in [6.45, 7) is 10.1. The van der Waals surface area contributed by atoms with Crippen LogP contribution in [0.15, 0.2) is 24.3 Å². The maximum atomic E-state index is 4.16. The Hall–Kier alpha value is -1.31. The summed E-state index contributed by atoms with van der Waals surface area (Å²) in [4.78, 5) is 0. The highest BCUT2D eigenvalue weighted by molar-refractivity contribution is 5.80. The van der Waals surface area contributed by atoms with E-state index in [1.54, 1.807) is 0 Å². The van der Waals surface area contributed by atoms with Crippen molar-refractivity contribution in [2.24, 2.45) is 0 Å². The number of nitrogens with zero attached hydrogens (tertiary/aromatic N) is 1. The van der Waals surface area contributed by atoms with Gasteiger partial charge in [0, 0.05) is 11.1 Å². The van der Waals surface area contributed by atoms with Crippen LogP contribution >= 0.6 is 0 Å². The third-order valence-corrected chi connectivity index (χ3v) is 1.89. The predicted molar refractivity (Wildman–Crippen MR) is 68.2 cm³/mol. The minimum atomic E-state index is 1.01. The Morgan fingerprint density at radius 2 is 1.67 bits per heavy atom. The first-order chi connectivity index (χ1) is 7.42. The van der Waals surface area contributed by atoms with E-state index in [1.165, 1.54) is 11.1 Å². The summed E-state index contributed by atoms with van der Waals surface area (Å²) in [6.07, 6.45) is 1.01. The lowest BCUT2D eigenvalue weighted by atomic mass is 10.2. The van der Waals surface area contributed by atoms with Crippen LogP contribution in [0.4, 0.5) is 0 Å². The number of aryl methyl sites for hydroxylation is 1. The van der Waals surface area contributed by atoms with E-state index in [2.05, 4.69) is 23.2 Å². The molecule has 0 amide bonds. The van der Waals surface area contributed by atoms with Crippen molar-refractivity contribution in [2.45, 2.75) is 41.0 Å². The van der Waals surface area contributed by atoms with Crippen LogP contribution < -0.4 is 0 Å². The smallest absolute Gasteiger partial charge is 0.0923 e. The van der Waals surface area contributed by atoms with E-state index < -0.39 is 0 Å². The lowest BCUT2D eigenvalue weighted by molar-refractivity contribution is 0.988. The fraction of sp³-hybridized carbons (Fsp3) is 0.462. The van der Waals surface area contributed by atoms with Crippen LogP contribution in [0, 0.1) is 0 Å². The van der Waals surface area contributed by atoms with E-state index in [-0.39, 0.29) is 0 Å². The Morgan fingerprint density at radius 3 is 2.27 bits per heavy atom. The van der Waals surface area contributed by atoms with Gasteiger partial charge < -0.3 is 0 Å². The zero-order valence-electron chi connectivity index (χ0n) is 10.5. The maximum Gasteiger partial charge on any atom is 0.0923 e. The van der Waals surface area contributed by atoms with Crippen molar-refractivity contribution in [1.29, 1.82) is 0 Å². The molecule has 2 heteroatoms. The van der Waals surface area contributed by atoms with Crippen molar-refractivity contribution in [3.8, 4) is 0 Å². The topological polar surface area (TPSA) is 28.7 Å². The Bertz CT molecular complexity index is 363. The first-order valence-electron chi connectivity index (χ1n) is 5.84. The molecule has 0 saturated carbocycles. The lowest BCUT2D eigenvalue weighted by Crippen LogP contribution is -1.78. The molecule has 1 aromatic carbocycles. The second-order valence-corrected chi connectivity index (χ2v) is 2.57. The first-order valence-corrected chi connectivity index (χ1v) is 5.84. The van der Waals surface area contributed by atoms with Crippen molar-refractivity contribution < 1.29 is 0 Å². The molecule has 15 heavy (non-hydrogen) atoms. The van der Waals surface area contributed by atoms with Gasteiger partial charge in [0.05, 0.1) is 5.52 Å². The number of aromatic amines is 1. The van der Waals surface area contributed by atoms with Gasteiger partial charge in [-0.05, 0) is 12.5 Å². The van der Waals surface area contributed by atoms with Crippen molar-refractivity contribution >= 4 is 10.9 Å². The Kier molecular flexibility index (Phi) is 7.33. The molecule has 0 aliphatic rings. The molecular weight excluding hydrogens is 184 g/mol. The van der Waals surface area contributed by atoms with Crippen molar-refractivity contribution in [3.63, 3.8) is 0 Å². The quantitative estimate of drug-likeness (QED) is 0.745. The summed E-state index contributed by atoms with van der Waals surface area (Å²) in [5.74, 6) is 0. The average molecular weight is 206 g/mol. The number of H-pyrrole nitrogens is 1. The van der Waals surface area contributed by atoms with E-state index >= 15 is 0 Å². The van der Waals surface area contributed by atoms with E-state index in [0.717, 1.165) is 11.9 Å². The lowest BCUT2D eigenvalue weighted by Gasteiger charge is -1.88. The molecule has 0 unspecified atom stereocenters. The summed E-state index contributed by atoms with van der Waals surface area (Å²) in [7, 11) is 0. The zero-order chi connectivity index (χ0) is 11.7. The number of hydrogen-bond donors (Lipinski definition) is 1. The minimum absolute atomic E-state index is 1.01. The van der Waals surface area contributed by atoms with Crippen LogP contribution in [-0.2, 0) is 6.42 Å². The van der Waals surface area contributed by atoms with Crippen LogP contribution in [0.25, 0.3) is 10.9 Å². The van der Waals surface area contributed by atoms with Gasteiger partial charge >= 0.3 is 0 Å². The molecule has 0 radical (unpaired) electrons. The standard InChI is InChI=1S/C9H10N2.2C2H6/c1-2-8-7-5-3-4-6-9(7)11-10-8;2*1-2/h3-6H,2H2,1H3,(H,10,11);2*1-2H3.